The molecule has 1 N–H and O–H groups in total. The highest BCUT2D eigenvalue weighted by molar-refractivity contribution is 5.87. The summed E-state index contributed by atoms with van der Waals surface area (Å²) in [4.78, 5) is 21.6. The molecule has 1 aromatic carbocycles. The number of nitrogens with zero attached hydrogens (tertiary/aromatic N) is 3. The standard InChI is InChI=1S/C12H11N3O5/c1-2-20-12(17)10-7-11(16)14(13-10)8-4-3-5-9(6-8)15(18)19/h3-7,16H,2H2,1H3. The third-order valence-electron chi connectivity index (χ3n) is 2.46. The highest BCUT2D eigenvalue weighted by Gasteiger charge is 2.17. The van der Waals surface area contributed by atoms with Gasteiger partial charge in [0.25, 0.3) is 5.69 Å². The lowest BCUT2D eigenvalue weighted by Gasteiger charge is -2.02. The molecular weight excluding hydrogens is 266 g/mol. The molecule has 0 unspecified atom stereocenters. The predicted octanol–water partition coefficient (Wildman–Crippen LogP) is 1.66. The molecule has 0 bridgehead atoms. The summed E-state index contributed by atoms with van der Waals surface area (Å²) in [6.45, 7) is 1.83. The lowest BCUT2D eigenvalue weighted by Crippen LogP contribution is -2.06. The van der Waals surface area contributed by atoms with E-state index in [0.717, 1.165) is 10.7 Å². The Hall–Kier alpha value is -2.90. The van der Waals surface area contributed by atoms with Gasteiger partial charge in [-0.2, -0.15) is 5.10 Å². The molecule has 0 fully saturated rings. The maximum Gasteiger partial charge on any atom is 0.358 e. The Bertz CT molecular complexity index is 665. The fraction of sp³-hybridized carbons (Fsp3) is 0.167. The molecule has 0 aliphatic carbocycles. The average Bonchev–Trinajstić information content (AvgIpc) is 2.81. The fourth-order valence-electron chi connectivity index (χ4n) is 1.60. The van der Waals surface area contributed by atoms with Crippen molar-refractivity contribution in [3.05, 3.63) is 46.1 Å². The number of rotatable bonds is 4. The van der Waals surface area contributed by atoms with E-state index < -0.39 is 10.9 Å². The van der Waals surface area contributed by atoms with Gasteiger partial charge in [-0.3, -0.25) is 10.1 Å². The maximum absolute atomic E-state index is 11.5. The molecule has 8 heteroatoms. The first-order chi connectivity index (χ1) is 9.52. The Morgan fingerprint density at radius 2 is 2.25 bits per heavy atom. The first-order valence-corrected chi connectivity index (χ1v) is 5.74. The molecule has 1 aromatic heterocycles. The van der Waals surface area contributed by atoms with Gasteiger partial charge in [-0.05, 0) is 13.0 Å². The first-order valence-electron chi connectivity index (χ1n) is 5.74. The molecule has 104 valence electrons. The number of hydrogen-bond acceptors (Lipinski definition) is 6. The highest BCUT2D eigenvalue weighted by Crippen LogP contribution is 2.22. The van der Waals surface area contributed by atoms with E-state index in [1.165, 1.54) is 24.3 Å². The molecule has 0 spiro atoms. The number of aromatic hydroxyl groups is 1. The molecule has 2 rings (SSSR count). The Morgan fingerprint density at radius 1 is 1.50 bits per heavy atom. The Kier molecular flexibility index (Phi) is 3.65. The van der Waals surface area contributed by atoms with Crippen molar-refractivity contribution in [3.8, 4) is 11.6 Å². The molecule has 8 nitrogen and oxygen atoms in total. The second-order valence-corrected chi connectivity index (χ2v) is 3.80. The van der Waals surface area contributed by atoms with Gasteiger partial charge in [-0.25, -0.2) is 9.48 Å². The number of hydrogen-bond donors (Lipinski definition) is 1. The summed E-state index contributed by atoms with van der Waals surface area (Å²) in [5.74, 6) is -0.986. The van der Waals surface area contributed by atoms with Crippen LogP contribution in [0.3, 0.4) is 0 Å². The van der Waals surface area contributed by atoms with Crippen molar-refractivity contribution in [1.82, 2.24) is 9.78 Å². The van der Waals surface area contributed by atoms with Crippen LogP contribution in [0.15, 0.2) is 30.3 Å². The summed E-state index contributed by atoms with van der Waals surface area (Å²) >= 11 is 0. The number of esters is 1. The molecule has 0 saturated carbocycles. The minimum Gasteiger partial charge on any atom is -0.493 e. The van der Waals surface area contributed by atoms with Crippen LogP contribution in [-0.4, -0.2) is 32.4 Å². The van der Waals surface area contributed by atoms with Crippen LogP contribution >= 0.6 is 0 Å². The van der Waals surface area contributed by atoms with Crippen molar-refractivity contribution >= 4 is 11.7 Å². The van der Waals surface area contributed by atoms with Crippen LogP contribution in [0, 0.1) is 10.1 Å². The number of non-ortho nitro benzene ring substituents is 1. The molecule has 0 atom stereocenters. The fourth-order valence-corrected chi connectivity index (χ4v) is 1.60. The Morgan fingerprint density at radius 3 is 2.90 bits per heavy atom. The van der Waals surface area contributed by atoms with Gasteiger partial charge in [0.1, 0.15) is 0 Å². The summed E-state index contributed by atoms with van der Waals surface area (Å²) < 4.78 is 5.79. The smallest absolute Gasteiger partial charge is 0.358 e. The molecule has 0 aliphatic rings. The number of carbonyl (C=O) groups excluding carboxylic acids is 1. The summed E-state index contributed by atoms with van der Waals surface area (Å²) in [5, 5.41) is 24.3. The van der Waals surface area contributed by atoms with Gasteiger partial charge < -0.3 is 9.84 Å². The first kappa shape index (κ1) is 13.5. The second-order valence-electron chi connectivity index (χ2n) is 3.80. The van der Waals surface area contributed by atoms with E-state index in [2.05, 4.69) is 5.10 Å². The number of nitro benzene ring substituents is 1. The maximum atomic E-state index is 11.5. The van der Waals surface area contributed by atoms with Crippen LogP contribution in [0.2, 0.25) is 0 Å². The van der Waals surface area contributed by atoms with Gasteiger partial charge in [-0.15, -0.1) is 0 Å². The number of benzene rings is 1. The Balaban J connectivity index is 2.40. The van der Waals surface area contributed by atoms with E-state index in [9.17, 15) is 20.0 Å². The van der Waals surface area contributed by atoms with Crippen molar-refractivity contribution in [2.75, 3.05) is 6.61 Å². The van der Waals surface area contributed by atoms with E-state index >= 15 is 0 Å². The molecule has 2 aromatic rings. The zero-order valence-electron chi connectivity index (χ0n) is 10.5. The van der Waals surface area contributed by atoms with Gasteiger partial charge in [0.05, 0.1) is 17.2 Å². The van der Waals surface area contributed by atoms with Crippen LogP contribution < -0.4 is 0 Å². The second kappa shape index (κ2) is 5.39. The zero-order valence-corrected chi connectivity index (χ0v) is 10.5. The number of aromatic nitrogens is 2. The number of nitro groups is 1. The van der Waals surface area contributed by atoms with E-state index in [1.807, 2.05) is 0 Å². The molecule has 0 saturated heterocycles. The van der Waals surface area contributed by atoms with E-state index in [4.69, 9.17) is 4.74 Å². The monoisotopic (exact) mass is 277 g/mol. The lowest BCUT2D eigenvalue weighted by molar-refractivity contribution is -0.384. The highest BCUT2D eigenvalue weighted by atomic mass is 16.6. The van der Waals surface area contributed by atoms with Gasteiger partial charge in [0.15, 0.2) is 5.69 Å². The van der Waals surface area contributed by atoms with Crippen LogP contribution in [0.4, 0.5) is 5.69 Å². The third kappa shape index (κ3) is 2.58. The average molecular weight is 277 g/mol. The van der Waals surface area contributed by atoms with Crippen molar-refractivity contribution in [3.63, 3.8) is 0 Å². The molecular formula is C12H11N3O5. The summed E-state index contributed by atoms with van der Waals surface area (Å²) in [7, 11) is 0. The molecule has 0 radical (unpaired) electrons. The molecule has 0 aliphatic heterocycles. The Labute approximate surface area is 113 Å². The van der Waals surface area contributed by atoms with Crippen LogP contribution in [-0.2, 0) is 4.74 Å². The number of carbonyl (C=O) groups is 1. The van der Waals surface area contributed by atoms with Gasteiger partial charge >= 0.3 is 5.97 Å². The van der Waals surface area contributed by atoms with Gasteiger partial charge in [-0.1, -0.05) is 6.07 Å². The normalized spacial score (nSPS) is 10.2. The molecule has 0 amide bonds. The molecule has 20 heavy (non-hydrogen) atoms. The van der Waals surface area contributed by atoms with Crippen LogP contribution in [0.25, 0.3) is 5.69 Å². The minimum atomic E-state index is -0.674. The lowest BCUT2D eigenvalue weighted by atomic mass is 10.3. The summed E-state index contributed by atoms with van der Waals surface area (Å²) in [6.07, 6.45) is 0. The summed E-state index contributed by atoms with van der Waals surface area (Å²) in [5.41, 5.74) is 0.0539. The third-order valence-corrected chi connectivity index (χ3v) is 2.46. The SMILES string of the molecule is CCOC(=O)c1cc(O)n(-c2cccc([N+](=O)[O-])c2)n1. The largest absolute Gasteiger partial charge is 0.493 e. The predicted molar refractivity (Wildman–Crippen MR) is 67.8 cm³/mol. The van der Waals surface area contributed by atoms with E-state index in [-0.39, 0.29) is 29.6 Å². The van der Waals surface area contributed by atoms with Crippen molar-refractivity contribution in [1.29, 1.82) is 0 Å². The van der Waals surface area contributed by atoms with Gasteiger partial charge in [0, 0.05) is 18.2 Å². The van der Waals surface area contributed by atoms with E-state index in [0.29, 0.717) is 0 Å². The van der Waals surface area contributed by atoms with Crippen LogP contribution in [0.1, 0.15) is 17.4 Å². The van der Waals surface area contributed by atoms with Crippen LogP contribution in [0.5, 0.6) is 5.88 Å². The molecule has 1 heterocycles. The van der Waals surface area contributed by atoms with Gasteiger partial charge in [0.2, 0.25) is 5.88 Å². The van der Waals surface area contributed by atoms with Crippen molar-refractivity contribution in [2.45, 2.75) is 6.92 Å². The quantitative estimate of drug-likeness (QED) is 0.517. The number of ether oxygens (including phenoxy) is 1. The topological polar surface area (TPSA) is 107 Å². The van der Waals surface area contributed by atoms with Crippen molar-refractivity contribution in [2.24, 2.45) is 0 Å². The van der Waals surface area contributed by atoms with Crippen molar-refractivity contribution < 1.29 is 19.6 Å². The zero-order chi connectivity index (χ0) is 14.7. The van der Waals surface area contributed by atoms with E-state index in [1.54, 1.807) is 6.92 Å². The minimum absolute atomic E-state index is 0.0733. The summed E-state index contributed by atoms with van der Waals surface area (Å²) in [6, 6.07) is 6.67.